The van der Waals surface area contributed by atoms with Crippen LogP contribution in [0.3, 0.4) is 0 Å². The molecular formula is C19H30N2O2. The van der Waals surface area contributed by atoms with Gasteiger partial charge in [-0.2, -0.15) is 0 Å². The highest BCUT2D eigenvalue weighted by molar-refractivity contribution is 5.80. The highest BCUT2D eigenvalue weighted by Gasteiger charge is 2.44. The summed E-state index contributed by atoms with van der Waals surface area (Å²) < 4.78 is 2.05. The number of amides is 1. The molecule has 0 bridgehead atoms. The van der Waals surface area contributed by atoms with E-state index < -0.39 is 5.60 Å². The number of fused-ring (bicyclic) bond motifs is 1. The molecule has 3 rings (SSSR count). The molecule has 1 saturated heterocycles. The van der Waals surface area contributed by atoms with Gasteiger partial charge in [-0.25, -0.2) is 0 Å². The summed E-state index contributed by atoms with van der Waals surface area (Å²) in [6.07, 6.45) is 9.85. The van der Waals surface area contributed by atoms with Gasteiger partial charge in [-0.3, -0.25) is 4.79 Å². The molecule has 1 aliphatic carbocycles. The van der Waals surface area contributed by atoms with E-state index in [0.29, 0.717) is 12.5 Å². The number of nitrogens with zero attached hydrogens (tertiary/aromatic N) is 2. The lowest BCUT2D eigenvalue weighted by Gasteiger charge is -2.48. The lowest BCUT2D eigenvalue weighted by molar-refractivity contribution is -0.147. The molecule has 0 unspecified atom stereocenters. The SMILES string of the molecule is CC(C)C[C@H](C(=O)N1CC[C@@]2(O)CCCC[C@@H]2C1)n1cccc1. The Kier molecular flexibility index (Phi) is 4.81. The van der Waals surface area contributed by atoms with E-state index in [9.17, 15) is 9.90 Å². The predicted octanol–water partition coefficient (Wildman–Crippen LogP) is 3.23. The van der Waals surface area contributed by atoms with Crippen molar-refractivity contribution in [1.82, 2.24) is 9.47 Å². The molecule has 23 heavy (non-hydrogen) atoms. The number of likely N-dealkylation sites (tertiary alicyclic amines) is 1. The number of hydrogen-bond acceptors (Lipinski definition) is 2. The highest BCUT2D eigenvalue weighted by Crippen LogP contribution is 2.40. The average Bonchev–Trinajstić information content (AvgIpc) is 3.05. The van der Waals surface area contributed by atoms with Crippen LogP contribution < -0.4 is 0 Å². The molecule has 2 heterocycles. The molecule has 3 atom stereocenters. The van der Waals surface area contributed by atoms with Crippen LogP contribution in [-0.2, 0) is 4.79 Å². The molecule has 1 saturated carbocycles. The van der Waals surface area contributed by atoms with E-state index in [1.54, 1.807) is 0 Å². The molecule has 1 amide bonds. The van der Waals surface area contributed by atoms with Gasteiger partial charge >= 0.3 is 0 Å². The molecule has 2 aliphatic rings. The number of carbonyl (C=O) groups excluding carboxylic acids is 1. The average molecular weight is 318 g/mol. The van der Waals surface area contributed by atoms with Gasteiger partial charge in [0.05, 0.1) is 5.60 Å². The van der Waals surface area contributed by atoms with Gasteiger partial charge in [-0.1, -0.05) is 26.7 Å². The van der Waals surface area contributed by atoms with Gasteiger partial charge in [0.15, 0.2) is 0 Å². The van der Waals surface area contributed by atoms with E-state index in [-0.39, 0.29) is 17.9 Å². The van der Waals surface area contributed by atoms with Crippen LogP contribution in [0.5, 0.6) is 0 Å². The van der Waals surface area contributed by atoms with Gasteiger partial charge in [0.25, 0.3) is 0 Å². The second-order valence-electron chi connectivity index (χ2n) is 7.86. The molecule has 1 aliphatic heterocycles. The van der Waals surface area contributed by atoms with E-state index in [1.165, 1.54) is 6.42 Å². The Morgan fingerprint density at radius 1 is 1.26 bits per heavy atom. The normalized spacial score (nSPS) is 29.4. The third-order valence-electron chi connectivity index (χ3n) is 5.71. The summed E-state index contributed by atoms with van der Waals surface area (Å²) in [5, 5.41) is 10.8. The quantitative estimate of drug-likeness (QED) is 0.926. The van der Waals surface area contributed by atoms with Gasteiger partial charge < -0.3 is 14.6 Å². The smallest absolute Gasteiger partial charge is 0.245 e. The summed E-state index contributed by atoms with van der Waals surface area (Å²) in [7, 11) is 0. The summed E-state index contributed by atoms with van der Waals surface area (Å²) in [5.41, 5.74) is -0.518. The van der Waals surface area contributed by atoms with Gasteiger partial charge in [0, 0.05) is 31.4 Å². The van der Waals surface area contributed by atoms with Crippen molar-refractivity contribution in [3.05, 3.63) is 24.5 Å². The molecular weight excluding hydrogens is 288 g/mol. The molecule has 128 valence electrons. The topological polar surface area (TPSA) is 45.5 Å². The Morgan fingerprint density at radius 2 is 2.00 bits per heavy atom. The first-order valence-corrected chi connectivity index (χ1v) is 9.13. The fraction of sp³-hybridized carbons (Fsp3) is 0.737. The minimum atomic E-state index is -0.518. The molecule has 0 radical (unpaired) electrons. The van der Waals surface area contributed by atoms with Gasteiger partial charge in [-0.15, -0.1) is 0 Å². The van der Waals surface area contributed by atoms with E-state index >= 15 is 0 Å². The van der Waals surface area contributed by atoms with Crippen molar-refractivity contribution in [2.75, 3.05) is 13.1 Å². The van der Waals surface area contributed by atoms with Crippen LogP contribution in [0.4, 0.5) is 0 Å². The zero-order valence-corrected chi connectivity index (χ0v) is 14.4. The molecule has 1 aromatic rings. The van der Waals surface area contributed by atoms with Crippen molar-refractivity contribution < 1.29 is 9.90 Å². The van der Waals surface area contributed by atoms with Crippen molar-refractivity contribution >= 4 is 5.91 Å². The van der Waals surface area contributed by atoms with Crippen LogP contribution >= 0.6 is 0 Å². The predicted molar refractivity (Wildman–Crippen MR) is 91.0 cm³/mol. The third kappa shape index (κ3) is 3.47. The van der Waals surface area contributed by atoms with E-state index in [4.69, 9.17) is 0 Å². The van der Waals surface area contributed by atoms with E-state index in [0.717, 1.165) is 38.6 Å². The molecule has 2 fully saturated rings. The zero-order chi connectivity index (χ0) is 16.4. The molecule has 1 aromatic heterocycles. The van der Waals surface area contributed by atoms with Crippen molar-refractivity contribution in [1.29, 1.82) is 0 Å². The number of hydrogen-bond donors (Lipinski definition) is 1. The molecule has 4 heteroatoms. The number of carbonyl (C=O) groups is 1. The maximum atomic E-state index is 13.1. The first kappa shape index (κ1) is 16.6. The van der Waals surface area contributed by atoms with Crippen molar-refractivity contribution in [3.8, 4) is 0 Å². The number of rotatable bonds is 4. The maximum Gasteiger partial charge on any atom is 0.245 e. The van der Waals surface area contributed by atoms with E-state index in [2.05, 4.69) is 13.8 Å². The lowest BCUT2D eigenvalue weighted by Crippen LogP contribution is -2.55. The zero-order valence-electron chi connectivity index (χ0n) is 14.4. The minimum absolute atomic E-state index is 0.111. The molecule has 4 nitrogen and oxygen atoms in total. The van der Waals surface area contributed by atoms with Crippen LogP contribution in [0.1, 0.15) is 58.4 Å². The standard InChI is InChI=1S/C19H30N2O2/c1-15(2)13-17(20-10-5-6-11-20)18(22)21-12-9-19(23)8-4-3-7-16(19)14-21/h5-6,10-11,15-17,23H,3-4,7-9,12-14H2,1-2H3/t16-,17-,19+/m1/s1. The summed E-state index contributed by atoms with van der Waals surface area (Å²) in [6, 6.07) is 3.85. The van der Waals surface area contributed by atoms with Gasteiger partial charge in [0.2, 0.25) is 5.91 Å². The highest BCUT2D eigenvalue weighted by atomic mass is 16.3. The van der Waals surface area contributed by atoms with Crippen LogP contribution in [-0.4, -0.2) is 39.2 Å². The van der Waals surface area contributed by atoms with Gasteiger partial charge in [-0.05, 0) is 43.7 Å². The van der Waals surface area contributed by atoms with Crippen molar-refractivity contribution in [2.24, 2.45) is 11.8 Å². The monoisotopic (exact) mass is 318 g/mol. The largest absolute Gasteiger partial charge is 0.389 e. The van der Waals surface area contributed by atoms with Crippen molar-refractivity contribution in [2.45, 2.75) is 64.0 Å². The van der Waals surface area contributed by atoms with Crippen LogP contribution in [0.15, 0.2) is 24.5 Å². The Morgan fingerprint density at radius 3 is 2.70 bits per heavy atom. The number of piperidine rings is 1. The molecule has 1 N–H and O–H groups in total. The van der Waals surface area contributed by atoms with Gasteiger partial charge in [0.1, 0.15) is 6.04 Å². The number of aromatic nitrogens is 1. The lowest BCUT2D eigenvalue weighted by atomic mass is 9.71. The summed E-state index contributed by atoms with van der Waals surface area (Å²) in [5.74, 6) is 0.962. The van der Waals surface area contributed by atoms with Crippen LogP contribution in [0, 0.1) is 11.8 Å². The Bertz CT molecular complexity index is 525. The Balaban J connectivity index is 1.73. The maximum absolute atomic E-state index is 13.1. The second kappa shape index (κ2) is 6.68. The van der Waals surface area contributed by atoms with Crippen LogP contribution in [0.2, 0.25) is 0 Å². The van der Waals surface area contributed by atoms with Crippen LogP contribution in [0.25, 0.3) is 0 Å². The fourth-order valence-electron chi connectivity index (χ4n) is 4.33. The minimum Gasteiger partial charge on any atom is -0.389 e. The Labute approximate surface area is 139 Å². The Hall–Kier alpha value is -1.29. The summed E-state index contributed by atoms with van der Waals surface area (Å²) in [4.78, 5) is 15.1. The first-order chi connectivity index (χ1) is 11.0. The molecule has 0 aromatic carbocycles. The fourth-order valence-corrected chi connectivity index (χ4v) is 4.33. The summed E-state index contributed by atoms with van der Waals surface area (Å²) in [6.45, 7) is 5.76. The first-order valence-electron chi connectivity index (χ1n) is 9.13. The van der Waals surface area contributed by atoms with E-state index in [1.807, 2.05) is 34.0 Å². The third-order valence-corrected chi connectivity index (χ3v) is 5.71. The number of aliphatic hydroxyl groups is 1. The molecule has 0 spiro atoms. The second-order valence-corrected chi connectivity index (χ2v) is 7.86. The summed E-state index contributed by atoms with van der Waals surface area (Å²) >= 11 is 0. The van der Waals surface area contributed by atoms with Crippen molar-refractivity contribution in [3.63, 3.8) is 0 Å².